The van der Waals surface area contributed by atoms with Gasteiger partial charge < -0.3 is 9.64 Å². The van der Waals surface area contributed by atoms with Crippen molar-refractivity contribution in [1.29, 1.82) is 0 Å². The predicted molar refractivity (Wildman–Crippen MR) is 85.0 cm³/mol. The highest BCUT2D eigenvalue weighted by Crippen LogP contribution is 2.27. The van der Waals surface area contributed by atoms with Crippen molar-refractivity contribution in [2.45, 2.75) is 58.1 Å². The molecule has 1 amide bonds. The van der Waals surface area contributed by atoms with Gasteiger partial charge in [-0.1, -0.05) is 0 Å². The standard InChI is InChI=1S/C15H28N2O4S/c1-4-17(13-7-10-21-15(2,3)12-13)14(18)6-9-16-8-5-11-22(16,19)20/h13H,4-12H2,1-3H3. The highest BCUT2D eigenvalue weighted by atomic mass is 32.2. The van der Waals surface area contributed by atoms with E-state index in [9.17, 15) is 13.2 Å². The molecule has 2 aliphatic heterocycles. The molecule has 0 aliphatic carbocycles. The van der Waals surface area contributed by atoms with Gasteiger partial charge in [0, 0.05) is 38.7 Å². The molecule has 0 N–H and O–H groups in total. The number of hydrogen-bond donors (Lipinski definition) is 0. The van der Waals surface area contributed by atoms with Gasteiger partial charge in [0.1, 0.15) is 0 Å². The Balaban J connectivity index is 1.92. The fourth-order valence-electron chi connectivity index (χ4n) is 3.41. The number of hydrogen-bond acceptors (Lipinski definition) is 4. The Morgan fingerprint density at radius 1 is 1.41 bits per heavy atom. The van der Waals surface area contributed by atoms with Gasteiger partial charge in [-0.3, -0.25) is 4.79 Å². The van der Waals surface area contributed by atoms with Crippen LogP contribution in [-0.4, -0.2) is 67.2 Å². The number of carbonyl (C=O) groups is 1. The van der Waals surface area contributed by atoms with Crippen molar-refractivity contribution in [3.8, 4) is 0 Å². The van der Waals surface area contributed by atoms with E-state index in [-0.39, 0.29) is 29.7 Å². The Morgan fingerprint density at radius 2 is 2.14 bits per heavy atom. The maximum Gasteiger partial charge on any atom is 0.224 e. The second-order valence-corrected chi connectivity index (χ2v) is 8.84. The number of amides is 1. The fraction of sp³-hybridized carbons (Fsp3) is 0.933. The van der Waals surface area contributed by atoms with Crippen LogP contribution >= 0.6 is 0 Å². The summed E-state index contributed by atoms with van der Waals surface area (Å²) >= 11 is 0. The average molecular weight is 332 g/mol. The zero-order chi connectivity index (χ0) is 16.4. The molecule has 0 aromatic carbocycles. The molecule has 1 atom stereocenters. The summed E-state index contributed by atoms with van der Waals surface area (Å²) in [6.07, 6.45) is 2.62. The van der Waals surface area contributed by atoms with Gasteiger partial charge in [-0.25, -0.2) is 12.7 Å². The van der Waals surface area contributed by atoms with Gasteiger partial charge >= 0.3 is 0 Å². The molecule has 7 heteroatoms. The molecule has 22 heavy (non-hydrogen) atoms. The topological polar surface area (TPSA) is 66.9 Å². The summed E-state index contributed by atoms with van der Waals surface area (Å²) in [5.41, 5.74) is -0.199. The van der Waals surface area contributed by atoms with Crippen molar-refractivity contribution >= 4 is 15.9 Å². The van der Waals surface area contributed by atoms with Gasteiger partial charge in [-0.05, 0) is 40.0 Å². The van der Waals surface area contributed by atoms with E-state index in [0.717, 1.165) is 12.8 Å². The van der Waals surface area contributed by atoms with E-state index in [0.29, 0.717) is 32.7 Å². The molecule has 0 spiro atoms. The molecule has 2 fully saturated rings. The van der Waals surface area contributed by atoms with E-state index in [1.54, 1.807) is 0 Å². The molecule has 128 valence electrons. The molecular weight excluding hydrogens is 304 g/mol. The largest absolute Gasteiger partial charge is 0.375 e. The van der Waals surface area contributed by atoms with Crippen molar-refractivity contribution in [3.05, 3.63) is 0 Å². The van der Waals surface area contributed by atoms with Gasteiger partial charge in [0.2, 0.25) is 15.9 Å². The molecule has 6 nitrogen and oxygen atoms in total. The van der Waals surface area contributed by atoms with Crippen molar-refractivity contribution in [2.75, 3.05) is 32.0 Å². The first-order chi connectivity index (χ1) is 10.2. The first kappa shape index (κ1) is 17.7. The van der Waals surface area contributed by atoms with E-state index in [1.807, 2.05) is 25.7 Å². The van der Waals surface area contributed by atoms with Crippen molar-refractivity contribution in [3.63, 3.8) is 0 Å². The zero-order valence-corrected chi connectivity index (χ0v) is 14.7. The Kier molecular flexibility index (Phi) is 5.50. The summed E-state index contributed by atoms with van der Waals surface area (Å²) in [4.78, 5) is 14.4. The molecule has 1 unspecified atom stereocenters. The highest BCUT2D eigenvalue weighted by Gasteiger charge is 2.34. The lowest BCUT2D eigenvalue weighted by molar-refractivity contribution is -0.140. The molecule has 0 bridgehead atoms. The number of rotatable bonds is 5. The summed E-state index contributed by atoms with van der Waals surface area (Å²) < 4.78 is 30.7. The van der Waals surface area contributed by atoms with Crippen LogP contribution in [0.2, 0.25) is 0 Å². The Bertz CT molecular complexity index is 504. The summed E-state index contributed by atoms with van der Waals surface area (Å²) in [5.74, 6) is 0.264. The monoisotopic (exact) mass is 332 g/mol. The Morgan fingerprint density at radius 3 is 2.68 bits per heavy atom. The smallest absolute Gasteiger partial charge is 0.224 e. The lowest BCUT2D eigenvalue weighted by Gasteiger charge is -2.41. The van der Waals surface area contributed by atoms with Gasteiger partial charge in [0.25, 0.3) is 0 Å². The molecule has 2 rings (SSSR count). The van der Waals surface area contributed by atoms with E-state index >= 15 is 0 Å². The molecule has 0 saturated carbocycles. The van der Waals surface area contributed by atoms with Gasteiger partial charge in [-0.2, -0.15) is 0 Å². The third kappa shape index (κ3) is 4.20. The van der Waals surface area contributed by atoms with Crippen LogP contribution in [0.4, 0.5) is 0 Å². The maximum absolute atomic E-state index is 12.5. The summed E-state index contributed by atoms with van der Waals surface area (Å²) in [5, 5.41) is 0. The van der Waals surface area contributed by atoms with E-state index in [4.69, 9.17) is 4.74 Å². The zero-order valence-electron chi connectivity index (χ0n) is 13.9. The molecule has 0 aromatic heterocycles. The van der Waals surface area contributed by atoms with E-state index in [1.165, 1.54) is 4.31 Å². The fourth-order valence-corrected chi connectivity index (χ4v) is 4.94. The quantitative estimate of drug-likeness (QED) is 0.759. The minimum absolute atomic E-state index is 0.0484. The SMILES string of the molecule is CCN(C(=O)CCN1CCCS1(=O)=O)C1CCOC(C)(C)C1. The van der Waals surface area contributed by atoms with Crippen LogP contribution in [0.1, 0.15) is 46.5 Å². The summed E-state index contributed by atoms with van der Waals surface area (Å²) in [6, 6.07) is 0.191. The minimum Gasteiger partial charge on any atom is -0.375 e. The van der Waals surface area contributed by atoms with Gasteiger partial charge in [0.15, 0.2) is 0 Å². The molecular formula is C15H28N2O4S. The normalized spacial score (nSPS) is 27.7. The lowest BCUT2D eigenvalue weighted by atomic mass is 9.92. The third-order valence-electron chi connectivity index (χ3n) is 4.55. The molecule has 0 radical (unpaired) electrons. The molecule has 2 heterocycles. The summed E-state index contributed by atoms with van der Waals surface area (Å²) in [7, 11) is -3.12. The Hall–Kier alpha value is -0.660. The van der Waals surface area contributed by atoms with Crippen LogP contribution in [0, 0.1) is 0 Å². The van der Waals surface area contributed by atoms with Gasteiger partial charge in [0.05, 0.1) is 11.4 Å². The molecule has 2 saturated heterocycles. The average Bonchev–Trinajstić information content (AvgIpc) is 2.75. The highest BCUT2D eigenvalue weighted by molar-refractivity contribution is 7.89. The van der Waals surface area contributed by atoms with E-state index in [2.05, 4.69) is 0 Å². The number of sulfonamides is 1. The predicted octanol–water partition coefficient (Wildman–Crippen LogP) is 1.22. The number of carbonyl (C=O) groups excluding carboxylic acids is 1. The van der Waals surface area contributed by atoms with Crippen molar-refractivity contribution in [2.24, 2.45) is 0 Å². The van der Waals surface area contributed by atoms with Crippen LogP contribution in [0.3, 0.4) is 0 Å². The van der Waals surface area contributed by atoms with Crippen LogP contribution in [0.15, 0.2) is 0 Å². The maximum atomic E-state index is 12.5. The van der Waals surface area contributed by atoms with Crippen LogP contribution < -0.4 is 0 Å². The first-order valence-electron chi connectivity index (χ1n) is 8.16. The van der Waals surface area contributed by atoms with Crippen LogP contribution in [-0.2, 0) is 19.6 Å². The number of nitrogens with zero attached hydrogens (tertiary/aromatic N) is 2. The first-order valence-corrected chi connectivity index (χ1v) is 9.77. The van der Waals surface area contributed by atoms with Crippen molar-refractivity contribution < 1.29 is 17.9 Å². The van der Waals surface area contributed by atoms with Crippen LogP contribution in [0.5, 0.6) is 0 Å². The summed E-state index contributed by atoms with van der Waals surface area (Å²) in [6.45, 7) is 8.26. The number of ether oxygens (including phenoxy) is 1. The minimum atomic E-state index is -3.12. The Labute approximate surface area is 133 Å². The molecule has 2 aliphatic rings. The van der Waals surface area contributed by atoms with E-state index < -0.39 is 10.0 Å². The second-order valence-electron chi connectivity index (χ2n) is 6.75. The third-order valence-corrected chi connectivity index (χ3v) is 6.51. The van der Waals surface area contributed by atoms with Crippen LogP contribution in [0.25, 0.3) is 0 Å². The molecule has 0 aromatic rings. The van der Waals surface area contributed by atoms with Crippen molar-refractivity contribution in [1.82, 2.24) is 9.21 Å². The van der Waals surface area contributed by atoms with Gasteiger partial charge in [-0.15, -0.1) is 0 Å². The lowest BCUT2D eigenvalue weighted by Crippen LogP contribution is -2.49. The second kappa shape index (κ2) is 6.84.